The molecule has 1 saturated heterocycles. The van der Waals surface area contributed by atoms with E-state index in [0.717, 1.165) is 29.8 Å². The first-order chi connectivity index (χ1) is 8.08. The summed E-state index contributed by atoms with van der Waals surface area (Å²) in [5.74, 6) is 2.43. The fourth-order valence-electron chi connectivity index (χ4n) is 2.53. The van der Waals surface area contributed by atoms with Crippen molar-refractivity contribution in [1.82, 2.24) is 4.90 Å². The summed E-state index contributed by atoms with van der Waals surface area (Å²) in [6, 6.07) is 5.97. The number of rotatable bonds is 3. The number of hydrogen-bond acceptors (Lipinski definition) is 3. The van der Waals surface area contributed by atoms with E-state index in [0.29, 0.717) is 0 Å². The molecule has 1 aromatic rings. The number of nitrogens with zero attached hydrogens (tertiary/aromatic N) is 1. The highest BCUT2D eigenvalue weighted by Gasteiger charge is 2.25. The Balaban J connectivity index is 2.06. The van der Waals surface area contributed by atoms with Crippen LogP contribution in [0.2, 0.25) is 0 Å². The number of nitrogens with two attached hydrogens (primary N) is 1. The van der Waals surface area contributed by atoms with Crippen molar-refractivity contribution in [1.29, 1.82) is 0 Å². The van der Waals surface area contributed by atoms with Crippen LogP contribution in [0.1, 0.15) is 19.4 Å². The smallest absolute Gasteiger partial charge is 0.121 e. The van der Waals surface area contributed by atoms with Gasteiger partial charge >= 0.3 is 0 Å². The molecule has 94 valence electrons. The first-order valence-corrected chi connectivity index (χ1v) is 6.24. The molecule has 0 amide bonds. The van der Waals surface area contributed by atoms with Gasteiger partial charge in [0.25, 0.3) is 0 Å². The zero-order valence-corrected chi connectivity index (χ0v) is 10.9. The molecule has 1 aromatic carbocycles. The molecule has 2 atom stereocenters. The molecular weight excluding hydrogens is 212 g/mol. The summed E-state index contributed by atoms with van der Waals surface area (Å²) in [6.45, 7) is 7.97. The number of methoxy groups -OCH3 is 1. The standard InChI is InChI=1S/C14H22N2O/c1-10-7-16(8-11(10)2)9-12-4-13(15)6-14(5-12)17-3/h4-6,10-11H,7-9,15H2,1-3H3. The average molecular weight is 234 g/mol. The molecule has 1 heterocycles. The van der Waals surface area contributed by atoms with Gasteiger partial charge in [0.1, 0.15) is 5.75 Å². The van der Waals surface area contributed by atoms with Crippen LogP contribution in [-0.2, 0) is 6.54 Å². The second-order valence-electron chi connectivity index (χ2n) is 5.26. The van der Waals surface area contributed by atoms with Crippen LogP contribution in [0.4, 0.5) is 5.69 Å². The molecule has 1 aliphatic heterocycles. The van der Waals surface area contributed by atoms with Crippen LogP contribution in [0.25, 0.3) is 0 Å². The van der Waals surface area contributed by atoms with Crippen molar-refractivity contribution in [3.63, 3.8) is 0 Å². The average Bonchev–Trinajstić information content (AvgIpc) is 2.57. The largest absolute Gasteiger partial charge is 0.497 e. The van der Waals surface area contributed by atoms with Gasteiger partial charge < -0.3 is 10.5 Å². The molecule has 3 nitrogen and oxygen atoms in total. The SMILES string of the molecule is COc1cc(N)cc(CN2CC(C)C(C)C2)c1. The number of ether oxygens (including phenoxy) is 1. The van der Waals surface area contributed by atoms with E-state index in [4.69, 9.17) is 10.5 Å². The topological polar surface area (TPSA) is 38.5 Å². The Morgan fingerprint density at radius 2 is 1.88 bits per heavy atom. The van der Waals surface area contributed by atoms with Gasteiger partial charge in [-0.2, -0.15) is 0 Å². The van der Waals surface area contributed by atoms with Gasteiger partial charge in [0.15, 0.2) is 0 Å². The Hall–Kier alpha value is -1.22. The van der Waals surface area contributed by atoms with Crippen molar-refractivity contribution in [2.24, 2.45) is 11.8 Å². The van der Waals surface area contributed by atoms with E-state index in [1.165, 1.54) is 18.7 Å². The van der Waals surface area contributed by atoms with Gasteiger partial charge in [-0.25, -0.2) is 0 Å². The van der Waals surface area contributed by atoms with E-state index < -0.39 is 0 Å². The minimum atomic E-state index is 0.777. The molecule has 2 rings (SSSR count). The number of benzene rings is 1. The molecule has 2 N–H and O–H groups in total. The van der Waals surface area contributed by atoms with Crippen molar-refractivity contribution in [3.05, 3.63) is 23.8 Å². The van der Waals surface area contributed by atoms with Gasteiger partial charge in [-0.15, -0.1) is 0 Å². The third-order valence-electron chi connectivity index (χ3n) is 3.69. The number of hydrogen-bond donors (Lipinski definition) is 1. The Labute approximate surface area is 104 Å². The Morgan fingerprint density at radius 3 is 2.47 bits per heavy atom. The zero-order valence-electron chi connectivity index (χ0n) is 10.9. The molecule has 2 unspecified atom stereocenters. The number of likely N-dealkylation sites (tertiary alicyclic amines) is 1. The maximum absolute atomic E-state index is 5.87. The first kappa shape index (κ1) is 12.2. The van der Waals surface area contributed by atoms with Gasteiger partial charge in [-0.3, -0.25) is 4.90 Å². The Bertz CT molecular complexity index is 382. The third-order valence-corrected chi connectivity index (χ3v) is 3.69. The van der Waals surface area contributed by atoms with Crippen molar-refractivity contribution in [2.75, 3.05) is 25.9 Å². The number of anilines is 1. The summed E-state index contributed by atoms with van der Waals surface area (Å²) in [5.41, 5.74) is 7.88. The second-order valence-corrected chi connectivity index (χ2v) is 5.26. The third kappa shape index (κ3) is 2.91. The Kier molecular flexibility index (Phi) is 3.57. The van der Waals surface area contributed by atoms with Crippen LogP contribution in [0.5, 0.6) is 5.75 Å². The molecule has 1 fully saturated rings. The summed E-state index contributed by atoms with van der Waals surface area (Å²) < 4.78 is 5.24. The predicted molar refractivity (Wildman–Crippen MR) is 71.0 cm³/mol. The Morgan fingerprint density at radius 1 is 1.24 bits per heavy atom. The van der Waals surface area contributed by atoms with E-state index in [1.807, 2.05) is 12.1 Å². The van der Waals surface area contributed by atoms with Gasteiger partial charge in [-0.1, -0.05) is 13.8 Å². The summed E-state index contributed by atoms with van der Waals surface area (Å²) in [4.78, 5) is 2.49. The van der Waals surface area contributed by atoms with Crippen LogP contribution < -0.4 is 10.5 Å². The first-order valence-electron chi connectivity index (χ1n) is 6.24. The lowest BCUT2D eigenvalue weighted by Gasteiger charge is -2.16. The highest BCUT2D eigenvalue weighted by Crippen LogP contribution is 2.25. The summed E-state index contributed by atoms with van der Waals surface area (Å²) >= 11 is 0. The highest BCUT2D eigenvalue weighted by atomic mass is 16.5. The van der Waals surface area contributed by atoms with Gasteiger partial charge in [-0.05, 0) is 29.5 Å². The molecule has 0 spiro atoms. The highest BCUT2D eigenvalue weighted by molar-refractivity contribution is 5.47. The lowest BCUT2D eigenvalue weighted by Crippen LogP contribution is -2.20. The lowest BCUT2D eigenvalue weighted by molar-refractivity contribution is 0.315. The molecule has 17 heavy (non-hydrogen) atoms. The minimum absolute atomic E-state index is 0.777. The van der Waals surface area contributed by atoms with Gasteiger partial charge in [0.2, 0.25) is 0 Å². The van der Waals surface area contributed by atoms with Crippen molar-refractivity contribution >= 4 is 5.69 Å². The van der Waals surface area contributed by atoms with Crippen LogP contribution in [0, 0.1) is 11.8 Å². The predicted octanol–water partition coefficient (Wildman–Crippen LogP) is 2.37. The van der Waals surface area contributed by atoms with Crippen LogP contribution in [-0.4, -0.2) is 25.1 Å². The van der Waals surface area contributed by atoms with Crippen molar-refractivity contribution in [3.8, 4) is 5.75 Å². The van der Waals surface area contributed by atoms with E-state index in [-0.39, 0.29) is 0 Å². The molecule has 0 bridgehead atoms. The van der Waals surface area contributed by atoms with E-state index >= 15 is 0 Å². The maximum atomic E-state index is 5.87. The van der Waals surface area contributed by atoms with Crippen molar-refractivity contribution < 1.29 is 4.74 Å². The van der Waals surface area contributed by atoms with Gasteiger partial charge in [0, 0.05) is 31.4 Å². The normalized spacial score (nSPS) is 25.1. The fraction of sp³-hybridized carbons (Fsp3) is 0.571. The molecular formula is C14H22N2O. The minimum Gasteiger partial charge on any atom is -0.497 e. The summed E-state index contributed by atoms with van der Waals surface area (Å²) in [6.07, 6.45) is 0. The monoisotopic (exact) mass is 234 g/mol. The molecule has 0 radical (unpaired) electrons. The maximum Gasteiger partial charge on any atom is 0.121 e. The van der Waals surface area contributed by atoms with Gasteiger partial charge in [0.05, 0.1) is 7.11 Å². The van der Waals surface area contributed by atoms with E-state index in [9.17, 15) is 0 Å². The van der Waals surface area contributed by atoms with Crippen LogP contribution in [0.3, 0.4) is 0 Å². The van der Waals surface area contributed by atoms with E-state index in [2.05, 4.69) is 24.8 Å². The quantitative estimate of drug-likeness (QED) is 0.816. The lowest BCUT2D eigenvalue weighted by atomic mass is 10.0. The molecule has 0 saturated carbocycles. The number of nitrogen functional groups attached to an aromatic ring is 1. The summed E-state index contributed by atoms with van der Waals surface area (Å²) in [7, 11) is 1.68. The molecule has 3 heteroatoms. The van der Waals surface area contributed by atoms with Crippen molar-refractivity contribution in [2.45, 2.75) is 20.4 Å². The molecule has 0 aliphatic carbocycles. The molecule has 0 aromatic heterocycles. The fourth-order valence-corrected chi connectivity index (χ4v) is 2.53. The zero-order chi connectivity index (χ0) is 12.4. The van der Waals surface area contributed by atoms with Crippen LogP contribution in [0.15, 0.2) is 18.2 Å². The van der Waals surface area contributed by atoms with E-state index in [1.54, 1.807) is 7.11 Å². The molecule has 1 aliphatic rings. The summed E-state index contributed by atoms with van der Waals surface area (Å²) in [5, 5.41) is 0. The van der Waals surface area contributed by atoms with Crippen LogP contribution >= 0.6 is 0 Å². The second kappa shape index (κ2) is 4.96.